The van der Waals surface area contributed by atoms with E-state index >= 15 is 0 Å². The molecule has 1 saturated heterocycles. The molecule has 2 N–H and O–H groups in total. The number of sulfonamides is 1. The SMILES string of the molecule is CC(C)(C)OC(=O)N1CCC(O)(CS(=O)(=O)NC(=O)c2cc(C(F)(F)F)cc(C(F)(F)F)c2)CC1. The zero-order valence-electron chi connectivity index (χ0n) is 18.9. The summed E-state index contributed by atoms with van der Waals surface area (Å²) in [7, 11) is -4.70. The van der Waals surface area contributed by atoms with E-state index in [1.165, 1.54) is 9.62 Å². The lowest BCUT2D eigenvalue weighted by Crippen LogP contribution is -2.52. The smallest absolute Gasteiger partial charge is 0.416 e. The number of ether oxygens (including phenoxy) is 1. The van der Waals surface area contributed by atoms with E-state index in [-0.39, 0.29) is 44.1 Å². The van der Waals surface area contributed by atoms with E-state index in [1.54, 1.807) is 20.8 Å². The highest BCUT2D eigenvalue weighted by Gasteiger charge is 2.41. The fourth-order valence-electron chi connectivity index (χ4n) is 3.25. The summed E-state index contributed by atoms with van der Waals surface area (Å²) in [5.41, 5.74) is -7.45. The van der Waals surface area contributed by atoms with Crippen LogP contribution in [0.2, 0.25) is 0 Å². The molecule has 35 heavy (non-hydrogen) atoms. The maximum atomic E-state index is 13.0. The number of likely N-dealkylation sites (tertiary alicyclic amines) is 1. The van der Waals surface area contributed by atoms with Gasteiger partial charge in [-0.15, -0.1) is 0 Å². The van der Waals surface area contributed by atoms with Gasteiger partial charge < -0.3 is 14.7 Å². The van der Waals surface area contributed by atoms with E-state index in [0.717, 1.165) is 0 Å². The molecule has 2 rings (SSSR count). The molecule has 1 aliphatic heterocycles. The molecule has 1 aromatic rings. The number of rotatable bonds is 4. The van der Waals surface area contributed by atoms with Crippen LogP contribution < -0.4 is 4.72 Å². The Bertz CT molecular complexity index is 1040. The van der Waals surface area contributed by atoms with Crippen molar-refractivity contribution in [2.75, 3.05) is 18.8 Å². The first-order valence-corrected chi connectivity index (χ1v) is 11.8. The topological polar surface area (TPSA) is 113 Å². The number of carbonyl (C=O) groups is 2. The largest absolute Gasteiger partial charge is 0.444 e. The predicted octanol–water partition coefficient (Wildman–Crippen LogP) is 3.55. The summed E-state index contributed by atoms with van der Waals surface area (Å²) >= 11 is 0. The summed E-state index contributed by atoms with van der Waals surface area (Å²) in [5, 5.41) is 10.6. The summed E-state index contributed by atoms with van der Waals surface area (Å²) in [6, 6.07) is -0.0191. The third-order valence-corrected chi connectivity index (χ3v) is 6.32. The van der Waals surface area contributed by atoms with E-state index in [1.807, 2.05) is 0 Å². The second-order valence-corrected chi connectivity index (χ2v) is 10.9. The van der Waals surface area contributed by atoms with E-state index in [2.05, 4.69) is 0 Å². The Labute approximate surface area is 197 Å². The highest BCUT2D eigenvalue weighted by Crippen LogP contribution is 2.36. The first-order chi connectivity index (χ1) is 15.6. The number of nitrogens with one attached hydrogen (secondary N) is 1. The van der Waals surface area contributed by atoms with Crippen LogP contribution in [0.3, 0.4) is 0 Å². The van der Waals surface area contributed by atoms with Gasteiger partial charge in [0.05, 0.1) is 22.5 Å². The molecule has 2 amide bonds. The maximum absolute atomic E-state index is 13.0. The van der Waals surface area contributed by atoms with Crippen molar-refractivity contribution < 1.29 is 54.2 Å². The molecule has 0 radical (unpaired) electrons. The van der Waals surface area contributed by atoms with Gasteiger partial charge in [-0.25, -0.2) is 17.9 Å². The number of halogens is 6. The normalized spacial score (nSPS) is 17.1. The molecule has 198 valence electrons. The number of hydrogen-bond acceptors (Lipinski definition) is 6. The summed E-state index contributed by atoms with van der Waals surface area (Å²) in [6.45, 7) is 4.75. The molecule has 0 unspecified atom stereocenters. The lowest BCUT2D eigenvalue weighted by molar-refractivity contribution is -0.143. The first-order valence-electron chi connectivity index (χ1n) is 10.1. The van der Waals surface area contributed by atoms with Crippen LogP contribution in [0.5, 0.6) is 0 Å². The lowest BCUT2D eigenvalue weighted by Gasteiger charge is -2.38. The van der Waals surface area contributed by atoms with Crippen LogP contribution in [0, 0.1) is 0 Å². The number of piperidine rings is 1. The fraction of sp³-hybridized carbons (Fsp3) is 0.600. The van der Waals surface area contributed by atoms with Gasteiger partial charge in [-0.05, 0) is 51.8 Å². The summed E-state index contributed by atoms with van der Waals surface area (Å²) in [4.78, 5) is 25.6. The second-order valence-electron chi connectivity index (χ2n) is 9.18. The molecule has 1 fully saturated rings. The number of hydrogen-bond donors (Lipinski definition) is 2. The van der Waals surface area contributed by atoms with Crippen LogP contribution in [0.15, 0.2) is 18.2 Å². The number of aliphatic hydroxyl groups is 1. The average Bonchev–Trinajstić information content (AvgIpc) is 2.64. The highest BCUT2D eigenvalue weighted by molar-refractivity contribution is 7.90. The monoisotopic (exact) mass is 534 g/mol. The minimum atomic E-state index is -5.23. The Balaban J connectivity index is 2.14. The standard InChI is InChI=1S/C20H24F6N2O6S/c1-17(2,3)34-16(30)28-6-4-18(31,5-7-28)11-35(32,33)27-15(29)12-8-13(19(21,22)23)10-14(9-12)20(24,25)26/h8-10,31H,4-7,11H2,1-3H3,(H,27,29). The van der Waals surface area contributed by atoms with Gasteiger partial charge in [0, 0.05) is 18.7 Å². The quantitative estimate of drug-likeness (QED) is 0.572. The summed E-state index contributed by atoms with van der Waals surface area (Å²) < 4.78 is 109. The van der Waals surface area contributed by atoms with Crippen LogP contribution >= 0.6 is 0 Å². The Kier molecular flexibility index (Phi) is 7.77. The summed E-state index contributed by atoms with van der Waals surface area (Å²) in [5.74, 6) is -2.80. The van der Waals surface area contributed by atoms with Crippen molar-refractivity contribution in [2.45, 2.75) is 57.2 Å². The number of nitrogens with zero attached hydrogens (tertiary/aromatic N) is 1. The van der Waals surface area contributed by atoms with Crippen molar-refractivity contribution in [3.8, 4) is 0 Å². The molecular formula is C20H24F6N2O6S. The first kappa shape index (κ1) is 28.7. The molecule has 8 nitrogen and oxygen atoms in total. The van der Waals surface area contributed by atoms with Crippen molar-refractivity contribution in [1.82, 2.24) is 9.62 Å². The molecule has 0 aliphatic carbocycles. The predicted molar refractivity (Wildman–Crippen MR) is 110 cm³/mol. The number of alkyl halides is 6. The summed E-state index contributed by atoms with van der Waals surface area (Å²) in [6.07, 6.45) is -11.6. The van der Waals surface area contributed by atoms with Crippen LogP contribution in [-0.2, 0) is 27.1 Å². The molecule has 0 bridgehead atoms. The Morgan fingerprint density at radius 1 is 1.00 bits per heavy atom. The molecule has 1 aliphatic rings. The van der Waals surface area contributed by atoms with Gasteiger partial charge >= 0.3 is 18.4 Å². The number of benzene rings is 1. The third-order valence-electron chi connectivity index (χ3n) is 4.90. The van der Waals surface area contributed by atoms with E-state index in [0.29, 0.717) is 0 Å². The van der Waals surface area contributed by atoms with Gasteiger partial charge in [0.2, 0.25) is 10.0 Å². The van der Waals surface area contributed by atoms with Gasteiger partial charge in [-0.1, -0.05) is 0 Å². The zero-order valence-corrected chi connectivity index (χ0v) is 19.7. The van der Waals surface area contributed by atoms with Gasteiger partial charge in [0.25, 0.3) is 5.91 Å². The number of amides is 2. The van der Waals surface area contributed by atoms with Crippen LogP contribution in [0.1, 0.15) is 55.1 Å². The second kappa shape index (κ2) is 9.48. The highest BCUT2D eigenvalue weighted by atomic mass is 32.2. The minimum absolute atomic E-state index is 0.0859. The van der Waals surface area contributed by atoms with E-state index in [9.17, 15) is 49.5 Å². The fourth-order valence-corrected chi connectivity index (χ4v) is 4.72. The Morgan fingerprint density at radius 3 is 1.86 bits per heavy atom. The number of carbonyl (C=O) groups excluding carboxylic acids is 2. The minimum Gasteiger partial charge on any atom is -0.444 e. The molecule has 0 atom stereocenters. The van der Waals surface area contributed by atoms with Crippen molar-refractivity contribution in [3.63, 3.8) is 0 Å². The Hall–Kier alpha value is -2.55. The van der Waals surface area contributed by atoms with E-state index < -0.39 is 68.0 Å². The molecule has 0 aromatic heterocycles. The lowest BCUT2D eigenvalue weighted by atomic mass is 9.94. The van der Waals surface area contributed by atoms with Crippen molar-refractivity contribution in [3.05, 3.63) is 34.9 Å². The Morgan fingerprint density at radius 2 is 1.46 bits per heavy atom. The van der Waals surface area contributed by atoms with Gasteiger partial charge in [0.15, 0.2) is 0 Å². The van der Waals surface area contributed by atoms with Crippen LogP contribution in [0.25, 0.3) is 0 Å². The third kappa shape index (κ3) is 8.26. The van der Waals surface area contributed by atoms with Crippen LogP contribution in [-0.4, -0.2) is 60.5 Å². The van der Waals surface area contributed by atoms with E-state index in [4.69, 9.17) is 4.74 Å². The van der Waals surface area contributed by atoms with Crippen molar-refractivity contribution in [2.24, 2.45) is 0 Å². The molecule has 15 heteroatoms. The van der Waals surface area contributed by atoms with Crippen molar-refractivity contribution >= 4 is 22.0 Å². The van der Waals surface area contributed by atoms with Gasteiger partial charge in [-0.2, -0.15) is 26.3 Å². The maximum Gasteiger partial charge on any atom is 0.416 e. The average molecular weight is 534 g/mol. The molecule has 1 aromatic carbocycles. The molecular weight excluding hydrogens is 510 g/mol. The zero-order chi connectivity index (χ0) is 27.0. The molecule has 1 heterocycles. The van der Waals surface area contributed by atoms with Crippen LogP contribution in [0.4, 0.5) is 31.1 Å². The molecule has 0 spiro atoms. The van der Waals surface area contributed by atoms with Gasteiger partial charge in [-0.3, -0.25) is 4.79 Å². The molecule has 0 saturated carbocycles. The van der Waals surface area contributed by atoms with Crippen molar-refractivity contribution in [1.29, 1.82) is 0 Å². The van der Waals surface area contributed by atoms with Gasteiger partial charge in [0.1, 0.15) is 5.60 Å².